The molecule has 0 heterocycles. The highest BCUT2D eigenvalue weighted by Crippen LogP contribution is 2.29. The normalized spacial score (nSPS) is 13.7. The molecule has 1 aliphatic rings. The number of rotatable bonds is 7. The topological polar surface area (TPSA) is 58.2 Å². The molecule has 0 saturated heterocycles. The summed E-state index contributed by atoms with van der Waals surface area (Å²) in [5.41, 5.74) is 2.85. The van der Waals surface area contributed by atoms with Crippen molar-refractivity contribution in [3.63, 3.8) is 0 Å². The van der Waals surface area contributed by atoms with Gasteiger partial charge in [0, 0.05) is 17.7 Å². The summed E-state index contributed by atoms with van der Waals surface area (Å²) >= 11 is 0. The number of benzene rings is 3. The molecule has 1 fully saturated rings. The second-order valence-corrected chi connectivity index (χ2v) is 8.05. The standard InChI is InChI=1S/C27H26N2O2/c1-27(22-8-4-2-5-9-22,23-10-6-3-7-11-23)29-25(30)19-14-20-12-15-21(16-13-20)26(31)28-24-17-18-24/h2-16,19,24H,17-18H2,1H3,(H,28,31)(H,29,30)/b19-14+. The predicted molar refractivity (Wildman–Crippen MR) is 123 cm³/mol. The fraction of sp³-hybridized carbons (Fsp3) is 0.185. The van der Waals surface area contributed by atoms with Crippen molar-refractivity contribution in [2.75, 3.05) is 0 Å². The van der Waals surface area contributed by atoms with Crippen LogP contribution in [0.5, 0.6) is 0 Å². The fourth-order valence-corrected chi connectivity index (χ4v) is 3.56. The molecule has 1 aliphatic carbocycles. The molecule has 3 aromatic rings. The van der Waals surface area contributed by atoms with E-state index in [1.54, 1.807) is 18.2 Å². The molecule has 2 amide bonds. The van der Waals surface area contributed by atoms with Crippen molar-refractivity contribution in [1.82, 2.24) is 10.6 Å². The minimum absolute atomic E-state index is 0.0442. The monoisotopic (exact) mass is 410 g/mol. The Morgan fingerprint density at radius 3 is 1.90 bits per heavy atom. The van der Waals surface area contributed by atoms with Gasteiger partial charge in [-0.25, -0.2) is 0 Å². The van der Waals surface area contributed by atoms with Crippen LogP contribution in [0.3, 0.4) is 0 Å². The number of hydrogen-bond acceptors (Lipinski definition) is 2. The van der Waals surface area contributed by atoms with E-state index in [0.717, 1.165) is 29.5 Å². The van der Waals surface area contributed by atoms with Crippen molar-refractivity contribution in [2.45, 2.75) is 31.3 Å². The van der Waals surface area contributed by atoms with Gasteiger partial charge in [-0.3, -0.25) is 9.59 Å². The van der Waals surface area contributed by atoms with Gasteiger partial charge in [0.1, 0.15) is 0 Å². The first-order chi connectivity index (χ1) is 15.0. The van der Waals surface area contributed by atoms with Gasteiger partial charge in [0.05, 0.1) is 5.54 Å². The molecule has 156 valence electrons. The lowest BCUT2D eigenvalue weighted by Gasteiger charge is -2.31. The number of hydrogen-bond donors (Lipinski definition) is 2. The van der Waals surface area contributed by atoms with Gasteiger partial charge in [0.25, 0.3) is 5.91 Å². The molecular formula is C27H26N2O2. The van der Waals surface area contributed by atoms with Crippen molar-refractivity contribution in [2.24, 2.45) is 0 Å². The molecule has 4 nitrogen and oxygen atoms in total. The van der Waals surface area contributed by atoms with E-state index in [2.05, 4.69) is 10.6 Å². The summed E-state index contributed by atoms with van der Waals surface area (Å²) in [6, 6.07) is 27.5. The molecule has 0 aliphatic heterocycles. The molecule has 0 radical (unpaired) electrons. The molecule has 0 atom stereocenters. The van der Waals surface area contributed by atoms with Gasteiger partial charge in [0.2, 0.25) is 5.91 Å². The lowest BCUT2D eigenvalue weighted by Crippen LogP contribution is -2.43. The maximum atomic E-state index is 12.8. The van der Waals surface area contributed by atoms with E-state index in [9.17, 15) is 9.59 Å². The number of nitrogens with one attached hydrogen (secondary N) is 2. The fourth-order valence-electron chi connectivity index (χ4n) is 3.56. The minimum atomic E-state index is -0.658. The van der Waals surface area contributed by atoms with Crippen molar-refractivity contribution in [3.8, 4) is 0 Å². The van der Waals surface area contributed by atoms with Gasteiger partial charge in [0.15, 0.2) is 0 Å². The zero-order chi connectivity index (χ0) is 21.7. The Balaban J connectivity index is 1.48. The van der Waals surface area contributed by atoms with Crippen LogP contribution in [0.25, 0.3) is 6.08 Å². The molecule has 0 bridgehead atoms. The van der Waals surface area contributed by atoms with Crippen LogP contribution in [0.4, 0.5) is 0 Å². The van der Waals surface area contributed by atoms with Crippen LogP contribution in [0, 0.1) is 0 Å². The zero-order valence-electron chi connectivity index (χ0n) is 17.5. The Hall–Kier alpha value is -3.66. The molecule has 0 spiro atoms. The zero-order valence-corrected chi connectivity index (χ0v) is 17.5. The quantitative estimate of drug-likeness (QED) is 0.556. The molecule has 0 unspecified atom stereocenters. The summed E-state index contributed by atoms with van der Waals surface area (Å²) in [5.74, 6) is -0.233. The van der Waals surface area contributed by atoms with Crippen molar-refractivity contribution < 1.29 is 9.59 Å². The summed E-state index contributed by atoms with van der Waals surface area (Å²) in [5, 5.41) is 6.14. The Morgan fingerprint density at radius 1 is 0.839 bits per heavy atom. The number of amides is 2. The molecule has 3 aromatic carbocycles. The highest BCUT2D eigenvalue weighted by Gasteiger charge is 2.29. The van der Waals surface area contributed by atoms with Crippen molar-refractivity contribution in [3.05, 3.63) is 113 Å². The van der Waals surface area contributed by atoms with Gasteiger partial charge < -0.3 is 10.6 Å². The summed E-state index contributed by atoms with van der Waals surface area (Å²) in [4.78, 5) is 24.9. The van der Waals surface area contributed by atoms with E-state index in [4.69, 9.17) is 0 Å². The Morgan fingerprint density at radius 2 is 1.39 bits per heavy atom. The largest absolute Gasteiger partial charge is 0.349 e. The Kier molecular flexibility index (Phi) is 5.99. The van der Waals surface area contributed by atoms with Crippen molar-refractivity contribution >= 4 is 17.9 Å². The van der Waals surface area contributed by atoms with Crippen LogP contribution >= 0.6 is 0 Å². The van der Waals surface area contributed by atoms with E-state index in [-0.39, 0.29) is 11.8 Å². The van der Waals surface area contributed by atoms with Crippen LogP contribution < -0.4 is 10.6 Å². The van der Waals surface area contributed by atoms with Crippen LogP contribution in [0.2, 0.25) is 0 Å². The van der Waals surface area contributed by atoms with E-state index in [1.165, 1.54) is 6.08 Å². The smallest absolute Gasteiger partial charge is 0.251 e. The average molecular weight is 411 g/mol. The van der Waals surface area contributed by atoms with Gasteiger partial charge in [-0.15, -0.1) is 0 Å². The van der Waals surface area contributed by atoms with Crippen LogP contribution in [-0.2, 0) is 10.3 Å². The SMILES string of the molecule is CC(NC(=O)/C=C/c1ccc(C(=O)NC2CC2)cc1)(c1ccccc1)c1ccccc1. The predicted octanol–water partition coefficient (Wildman–Crippen LogP) is 4.67. The van der Waals surface area contributed by atoms with E-state index in [0.29, 0.717) is 11.6 Å². The molecule has 4 rings (SSSR count). The minimum Gasteiger partial charge on any atom is -0.349 e. The Bertz CT molecular complexity index is 1030. The summed E-state index contributed by atoms with van der Waals surface area (Å²) < 4.78 is 0. The molecule has 1 saturated carbocycles. The third-order valence-electron chi connectivity index (χ3n) is 5.59. The lowest BCUT2D eigenvalue weighted by molar-refractivity contribution is -0.117. The summed E-state index contributed by atoms with van der Waals surface area (Å²) in [6.45, 7) is 2.01. The second kappa shape index (κ2) is 9.00. The molecular weight excluding hydrogens is 384 g/mol. The highest BCUT2D eigenvalue weighted by atomic mass is 16.2. The van der Waals surface area contributed by atoms with Crippen LogP contribution in [0.15, 0.2) is 91.0 Å². The van der Waals surface area contributed by atoms with Gasteiger partial charge in [-0.1, -0.05) is 72.8 Å². The Labute approximate surface area is 183 Å². The molecule has 4 heteroatoms. The van der Waals surface area contributed by atoms with Crippen LogP contribution in [-0.4, -0.2) is 17.9 Å². The molecule has 0 aromatic heterocycles. The highest BCUT2D eigenvalue weighted by molar-refractivity contribution is 5.95. The van der Waals surface area contributed by atoms with Crippen molar-refractivity contribution in [1.29, 1.82) is 0 Å². The third-order valence-corrected chi connectivity index (χ3v) is 5.59. The third kappa shape index (κ3) is 5.10. The first kappa shape index (κ1) is 20.6. The first-order valence-corrected chi connectivity index (χ1v) is 10.6. The van der Waals surface area contributed by atoms with Crippen LogP contribution in [0.1, 0.15) is 46.8 Å². The maximum absolute atomic E-state index is 12.8. The molecule has 2 N–H and O–H groups in total. The summed E-state index contributed by atoms with van der Waals surface area (Å²) in [6.07, 6.45) is 5.41. The average Bonchev–Trinajstić information content (AvgIpc) is 3.63. The summed E-state index contributed by atoms with van der Waals surface area (Å²) in [7, 11) is 0. The second-order valence-electron chi connectivity index (χ2n) is 8.05. The van der Waals surface area contributed by atoms with Gasteiger partial charge in [-0.05, 0) is 54.7 Å². The number of carbonyl (C=O) groups excluding carboxylic acids is 2. The first-order valence-electron chi connectivity index (χ1n) is 10.6. The number of carbonyl (C=O) groups is 2. The van der Waals surface area contributed by atoms with E-state index in [1.807, 2.05) is 79.7 Å². The van der Waals surface area contributed by atoms with E-state index < -0.39 is 5.54 Å². The lowest BCUT2D eigenvalue weighted by atomic mass is 9.84. The van der Waals surface area contributed by atoms with E-state index >= 15 is 0 Å². The van der Waals surface area contributed by atoms with Gasteiger partial charge in [-0.2, -0.15) is 0 Å². The van der Waals surface area contributed by atoms with Gasteiger partial charge >= 0.3 is 0 Å². The maximum Gasteiger partial charge on any atom is 0.251 e. The molecule has 31 heavy (non-hydrogen) atoms.